The highest BCUT2D eigenvalue weighted by Gasteiger charge is 2.26. The van der Waals surface area contributed by atoms with Gasteiger partial charge in [-0.1, -0.05) is 19.8 Å². The highest BCUT2D eigenvalue weighted by molar-refractivity contribution is 7.14. The van der Waals surface area contributed by atoms with E-state index in [0.717, 1.165) is 34.6 Å². The molecule has 0 aliphatic heterocycles. The van der Waals surface area contributed by atoms with Crippen LogP contribution in [-0.4, -0.2) is 24.1 Å². The highest BCUT2D eigenvalue weighted by Crippen LogP contribution is 2.36. The van der Waals surface area contributed by atoms with Crippen molar-refractivity contribution in [3.63, 3.8) is 0 Å². The van der Waals surface area contributed by atoms with E-state index in [-0.39, 0.29) is 0 Å². The summed E-state index contributed by atoms with van der Waals surface area (Å²) >= 11 is 0. The average Bonchev–Trinajstić information content (AvgIpc) is 3.30. The molecular formula is C17H22N5P. The molecule has 1 fully saturated rings. The molecule has 120 valence electrons. The first-order valence-electron chi connectivity index (χ1n) is 8.39. The van der Waals surface area contributed by atoms with Gasteiger partial charge in [-0.2, -0.15) is 5.10 Å². The van der Waals surface area contributed by atoms with Crippen molar-refractivity contribution in [2.75, 3.05) is 0 Å². The van der Waals surface area contributed by atoms with Crippen LogP contribution >= 0.6 is 9.39 Å². The Hall–Kier alpha value is -1.74. The molecule has 4 rings (SSSR count). The second-order valence-electron chi connectivity index (χ2n) is 6.41. The maximum Gasteiger partial charge on any atom is 0.146 e. The van der Waals surface area contributed by atoms with Crippen molar-refractivity contribution in [3.05, 3.63) is 31.0 Å². The third-order valence-corrected chi connectivity index (χ3v) is 5.50. The molecule has 0 amide bonds. The molecule has 1 aliphatic rings. The van der Waals surface area contributed by atoms with Gasteiger partial charge in [0.15, 0.2) is 0 Å². The molecule has 0 N–H and O–H groups in total. The van der Waals surface area contributed by atoms with Crippen LogP contribution in [0.3, 0.4) is 0 Å². The predicted octanol–water partition coefficient (Wildman–Crippen LogP) is 4.07. The molecule has 1 unspecified atom stereocenters. The van der Waals surface area contributed by atoms with Gasteiger partial charge in [-0.15, -0.1) is 0 Å². The van der Waals surface area contributed by atoms with Crippen molar-refractivity contribution < 1.29 is 0 Å². The number of hydrogen-bond donors (Lipinski definition) is 0. The molecular weight excluding hydrogens is 305 g/mol. The van der Waals surface area contributed by atoms with Crippen molar-refractivity contribution in [1.82, 2.24) is 24.1 Å². The van der Waals surface area contributed by atoms with Crippen LogP contribution in [0.2, 0.25) is 0 Å². The third kappa shape index (κ3) is 2.57. The topological polar surface area (TPSA) is 48.5 Å². The van der Waals surface area contributed by atoms with Crippen molar-refractivity contribution in [2.24, 2.45) is 5.92 Å². The molecule has 0 aromatic carbocycles. The quantitative estimate of drug-likeness (QED) is 0.679. The first-order valence-corrected chi connectivity index (χ1v) is 8.91. The summed E-state index contributed by atoms with van der Waals surface area (Å²) in [5.74, 6) is 0.770. The molecule has 0 saturated heterocycles. The van der Waals surface area contributed by atoms with E-state index in [9.17, 15) is 0 Å². The monoisotopic (exact) mass is 327 g/mol. The van der Waals surface area contributed by atoms with Gasteiger partial charge in [0, 0.05) is 23.3 Å². The maximum atomic E-state index is 4.67. The standard InChI is InChI=1S/C17H22N5P/c1-2-15(12-5-3-4-6-12)21-10-13(9-20-21)16-14-7-8-22(23)17(14)19-11-18-16/h7-12,15H,2-6,23H2,1H3/t15-/m0/s1. The van der Waals surface area contributed by atoms with Gasteiger partial charge in [-0.05, 0) is 40.6 Å². The molecule has 3 aromatic heterocycles. The second-order valence-corrected chi connectivity index (χ2v) is 6.97. The van der Waals surface area contributed by atoms with E-state index in [1.807, 2.05) is 16.7 Å². The molecule has 1 saturated carbocycles. The molecule has 3 heterocycles. The Balaban J connectivity index is 1.71. The first-order chi connectivity index (χ1) is 11.3. The Bertz CT molecular complexity index is 815. The summed E-state index contributed by atoms with van der Waals surface area (Å²) in [6.45, 7) is 2.27. The number of fused-ring (bicyclic) bond motifs is 1. The molecule has 5 nitrogen and oxygen atoms in total. The molecule has 0 radical (unpaired) electrons. The van der Waals surface area contributed by atoms with Gasteiger partial charge in [0.05, 0.1) is 17.9 Å². The van der Waals surface area contributed by atoms with Crippen LogP contribution in [-0.2, 0) is 0 Å². The van der Waals surface area contributed by atoms with Gasteiger partial charge in [-0.25, -0.2) is 9.97 Å². The normalized spacial score (nSPS) is 17.1. The van der Waals surface area contributed by atoms with Crippen LogP contribution in [0.1, 0.15) is 45.1 Å². The van der Waals surface area contributed by atoms with Crippen molar-refractivity contribution in [1.29, 1.82) is 0 Å². The summed E-state index contributed by atoms with van der Waals surface area (Å²) in [5, 5.41) is 5.73. The Morgan fingerprint density at radius 1 is 1.30 bits per heavy atom. The molecule has 6 heteroatoms. The molecule has 23 heavy (non-hydrogen) atoms. The average molecular weight is 327 g/mol. The zero-order valence-electron chi connectivity index (χ0n) is 13.4. The molecule has 2 atom stereocenters. The van der Waals surface area contributed by atoms with Crippen LogP contribution in [0, 0.1) is 5.92 Å². The van der Waals surface area contributed by atoms with Crippen molar-refractivity contribution >= 4 is 20.4 Å². The minimum Gasteiger partial charge on any atom is -0.317 e. The lowest BCUT2D eigenvalue weighted by Gasteiger charge is -2.22. The van der Waals surface area contributed by atoms with Gasteiger partial charge in [0.2, 0.25) is 0 Å². The van der Waals surface area contributed by atoms with E-state index in [4.69, 9.17) is 0 Å². The van der Waals surface area contributed by atoms with Crippen molar-refractivity contribution in [3.8, 4) is 11.3 Å². The number of rotatable bonds is 4. The zero-order valence-corrected chi connectivity index (χ0v) is 14.5. The third-order valence-electron chi connectivity index (χ3n) is 5.09. The summed E-state index contributed by atoms with van der Waals surface area (Å²) in [4.78, 5) is 8.85. The van der Waals surface area contributed by atoms with Gasteiger partial charge >= 0.3 is 0 Å². The summed E-state index contributed by atoms with van der Waals surface area (Å²) in [7, 11) is 2.66. The fourth-order valence-electron chi connectivity index (χ4n) is 3.92. The fraction of sp³-hybridized carbons (Fsp3) is 0.471. The van der Waals surface area contributed by atoms with E-state index < -0.39 is 0 Å². The Labute approximate surface area is 138 Å². The second kappa shape index (κ2) is 6.04. The SMILES string of the molecule is CC[C@@H](C1CCCC1)n1cc(-c2ncnc3c2ccn3P)cn1. The lowest BCUT2D eigenvalue weighted by molar-refractivity contribution is 0.301. The van der Waals surface area contributed by atoms with Gasteiger partial charge in [0.1, 0.15) is 12.0 Å². The van der Waals surface area contributed by atoms with Crippen molar-refractivity contribution in [2.45, 2.75) is 45.1 Å². The molecule has 1 aliphatic carbocycles. The Morgan fingerprint density at radius 2 is 2.13 bits per heavy atom. The van der Waals surface area contributed by atoms with Crippen LogP contribution in [0.15, 0.2) is 31.0 Å². The van der Waals surface area contributed by atoms with Crippen LogP contribution < -0.4 is 0 Å². The molecule has 0 spiro atoms. The van der Waals surface area contributed by atoms with E-state index >= 15 is 0 Å². The lowest BCUT2D eigenvalue weighted by Crippen LogP contribution is -2.17. The minimum absolute atomic E-state index is 0.509. The fourth-order valence-corrected chi connectivity index (χ4v) is 4.21. The first kappa shape index (κ1) is 14.8. The molecule has 0 bridgehead atoms. The summed E-state index contributed by atoms with van der Waals surface area (Å²) < 4.78 is 4.11. The highest BCUT2D eigenvalue weighted by atomic mass is 31.0. The maximum absolute atomic E-state index is 4.67. The van der Waals surface area contributed by atoms with Crippen LogP contribution in [0.4, 0.5) is 0 Å². The zero-order chi connectivity index (χ0) is 15.8. The summed E-state index contributed by atoms with van der Waals surface area (Å²) in [6, 6.07) is 2.57. The van der Waals surface area contributed by atoms with Gasteiger partial charge in [0.25, 0.3) is 0 Å². The smallest absolute Gasteiger partial charge is 0.146 e. The molecule has 3 aromatic rings. The van der Waals surface area contributed by atoms with E-state index in [1.54, 1.807) is 6.33 Å². The number of hydrogen-bond acceptors (Lipinski definition) is 3. The Morgan fingerprint density at radius 3 is 2.91 bits per heavy atom. The number of aromatic nitrogens is 5. The van der Waals surface area contributed by atoms with E-state index in [2.05, 4.69) is 48.3 Å². The van der Waals surface area contributed by atoms with Gasteiger partial charge in [-0.3, -0.25) is 4.68 Å². The van der Waals surface area contributed by atoms with E-state index in [1.165, 1.54) is 25.7 Å². The lowest BCUT2D eigenvalue weighted by atomic mass is 9.96. The summed E-state index contributed by atoms with van der Waals surface area (Å²) in [6.07, 6.45) is 14.3. The van der Waals surface area contributed by atoms with Crippen LogP contribution in [0.5, 0.6) is 0 Å². The van der Waals surface area contributed by atoms with E-state index in [0.29, 0.717) is 6.04 Å². The Kier molecular flexibility index (Phi) is 3.90. The summed E-state index contributed by atoms with van der Waals surface area (Å²) in [5.41, 5.74) is 2.96. The van der Waals surface area contributed by atoms with Crippen LogP contribution in [0.25, 0.3) is 22.3 Å². The minimum atomic E-state index is 0.509. The predicted molar refractivity (Wildman–Crippen MR) is 95.1 cm³/mol. The van der Waals surface area contributed by atoms with Gasteiger partial charge < -0.3 is 4.34 Å². The largest absolute Gasteiger partial charge is 0.317 e. The number of nitrogens with zero attached hydrogens (tertiary/aromatic N) is 5.